The first-order valence-electron chi connectivity index (χ1n) is 9.39. The van der Waals surface area contributed by atoms with Gasteiger partial charge in [-0.3, -0.25) is 0 Å². The summed E-state index contributed by atoms with van der Waals surface area (Å²) in [5.74, 6) is -0.906. The van der Waals surface area contributed by atoms with E-state index in [0.717, 1.165) is 48.5 Å². The number of hydrogen-bond acceptors (Lipinski definition) is 4. The summed E-state index contributed by atoms with van der Waals surface area (Å²) in [5.41, 5.74) is 6.43. The van der Waals surface area contributed by atoms with Crippen molar-refractivity contribution in [2.75, 3.05) is 0 Å². The normalized spacial score (nSPS) is 11.3. The summed E-state index contributed by atoms with van der Waals surface area (Å²) in [4.78, 5) is 12.3. The van der Waals surface area contributed by atoms with Crippen LogP contribution in [0.2, 0.25) is 0 Å². The number of nitrogens with zero attached hydrogens (tertiary/aromatic N) is 1. The Morgan fingerprint density at radius 3 is 2.12 bits per heavy atom. The Morgan fingerprint density at radius 1 is 1.03 bits per heavy atom. The Kier molecular flexibility index (Phi) is 6.64. The molecule has 0 bridgehead atoms. The number of aryl methyl sites for hydroxylation is 3. The van der Waals surface area contributed by atoms with Crippen molar-refractivity contribution in [3.05, 3.63) is 75.8 Å². The van der Waals surface area contributed by atoms with Gasteiger partial charge in [0.25, 0.3) is 10.5 Å². The molecule has 166 valence electrons. The van der Waals surface area contributed by atoms with Gasteiger partial charge in [0.2, 0.25) is 11.0 Å². The van der Waals surface area contributed by atoms with Gasteiger partial charge in [-0.2, -0.15) is 4.57 Å². The minimum atomic E-state index is -5.42. The molecule has 0 aliphatic rings. The van der Waals surface area contributed by atoms with Crippen molar-refractivity contribution in [3.8, 4) is 11.1 Å². The van der Waals surface area contributed by atoms with Gasteiger partial charge in [-0.25, -0.2) is 13.2 Å². The molecule has 6 nitrogen and oxygen atoms in total. The molecule has 9 heteroatoms. The predicted molar refractivity (Wildman–Crippen MR) is 123 cm³/mol. The number of aromatic nitrogens is 1. The lowest BCUT2D eigenvalue weighted by molar-refractivity contribution is -0.617. The third-order valence-corrected chi connectivity index (χ3v) is 5.63. The van der Waals surface area contributed by atoms with Gasteiger partial charge in [0, 0.05) is 16.6 Å². The van der Waals surface area contributed by atoms with Gasteiger partial charge in [-0.1, -0.05) is 40.2 Å². The largest absolute Gasteiger partial charge is 0.722 e. The molecule has 0 spiro atoms. The van der Waals surface area contributed by atoms with Crippen molar-refractivity contribution in [1.82, 2.24) is 0 Å². The SMILES string of the molecule is Cc1cc(Br)cc(C)c1-c1cccc2c1c(C(=O)O)c1ccccc1[n+]2C.O=S(=O)([O-])F. The second-order valence-electron chi connectivity index (χ2n) is 7.26. The Balaban J connectivity index is 0.000000523. The van der Waals surface area contributed by atoms with Crippen LogP contribution in [0.1, 0.15) is 21.5 Å². The van der Waals surface area contributed by atoms with Crippen LogP contribution in [-0.4, -0.2) is 24.0 Å². The minimum Gasteiger partial charge on any atom is -0.722 e. The number of pyridine rings is 1. The van der Waals surface area contributed by atoms with E-state index in [2.05, 4.69) is 46.5 Å². The molecule has 1 heterocycles. The first kappa shape index (κ1) is 23.8. The zero-order valence-corrected chi connectivity index (χ0v) is 19.8. The second kappa shape index (κ2) is 8.93. The zero-order valence-electron chi connectivity index (χ0n) is 17.4. The molecular weight excluding hydrogens is 501 g/mol. The fourth-order valence-electron chi connectivity index (χ4n) is 4.09. The van der Waals surface area contributed by atoms with E-state index in [1.54, 1.807) is 0 Å². The summed E-state index contributed by atoms with van der Waals surface area (Å²) < 4.78 is 38.4. The number of carbonyl (C=O) groups is 1. The average molecular weight is 520 g/mol. The summed E-state index contributed by atoms with van der Waals surface area (Å²) in [6.45, 7) is 4.13. The van der Waals surface area contributed by atoms with Gasteiger partial charge < -0.3 is 9.66 Å². The quantitative estimate of drug-likeness (QED) is 0.174. The molecule has 0 fully saturated rings. The number of fused-ring (bicyclic) bond motifs is 2. The maximum Gasteiger partial charge on any atom is 0.337 e. The van der Waals surface area contributed by atoms with Crippen LogP contribution >= 0.6 is 15.9 Å². The van der Waals surface area contributed by atoms with Crippen LogP contribution in [0.25, 0.3) is 32.9 Å². The highest BCUT2D eigenvalue weighted by Crippen LogP contribution is 2.37. The Morgan fingerprint density at radius 2 is 1.56 bits per heavy atom. The predicted octanol–water partition coefficient (Wildman–Crippen LogP) is 4.98. The van der Waals surface area contributed by atoms with E-state index in [1.807, 2.05) is 49.5 Å². The average Bonchev–Trinajstić information content (AvgIpc) is 2.66. The molecule has 0 saturated heterocycles. The van der Waals surface area contributed by atoms with Crippen LogP contribution in [0.15, 0.2) is 59.1 Å². The van der Waals surface area contributed by atoms with E-state index in [1.165, 1.54) is 0 Å². The molecule has 0 saturated carbocycles. The number of rotatable bonds is 2. The monoisotopic (exact) mass is 519 g/mol. The maximum atomic E-state index is 12.3. The third kappa shape index (κ3) is 4.79. The van der Waals surface area contributed by atoms with Gasteiger partial charge in [0.15, 0.2) is 0 Å². The standard InChI is InChI=1S/C23H18BrNO2.FHO3S/c1-13-11-15(24)12-14(2)20(13)17-8-6-10-19-21(17)22(23(26)27)16-7-4-5-9-18(16)25(19)3;1-5(2,3)4/h4-12H,1-3H3;(H,2,3,4). The Bertz CT molecular complexity index is 1450. The van der Waals surface area contributed by atoms with Crippen LogP contribution in [0, 0.1) is 13.8 Å². The number of halogens is 2. The van der Waals surface area contributed by atoms with E-state index in [9.17, 15) is 13.8 Å². The van der Waals surface area contributed by atoms with Crippen LogP contribution in [0.5, 0.6) is 0 Å². The van der Waals surface area contributed by atoms with Crippen molar-refractivity contribution in [2.24, 2.45) is 7.05 Å². The molecule has 3 aromatic carbocycles. The van der Waals surface area contributed by atoms with E-state index in [0.29, 0.717) is 5.56 Å². The molecule has 0 aliphatic heterocycles. The molecule has 0 atom stereocenters. The molecule has 4 rings (SSSR count). The molecule has 0 amide bonds. The molecule has 1 N–H and O–H groups in total. The van der Waals surface area contributed by atoms with Crippen molar-refractivity contribution in [3.63, 3.8) is 0 Å². The summed E-state index contributed by atoms with van der Waals surface area (Å²) in [7, 11) is -3.43. The second-order valence-corrected chi connectivity index (χ2v) is 8.97. The van der Waals surface area contributed by atoms with E-state index in [-0.39, 0.29) is 0 Å². The van der Waals surface area contributed by atoms with Crippen LogP contribution in [0.4, 0.5) is 3.89 Å². The molecule has 4 aromatic rings. The van der Waals surface area contributed by atoms with E-state index >= 15 is 0 Å². The van der Waals surface area contributed by atoms with E-state index in [4.69, 9.17) is 13.0 Å². The highest BCUT2D eigenvalue weighted by Gasteiger charge is 2.25. The van der Waals surface area contributed by atoms with Crippen molar-refractivity contribution < 1.29 is 31.3 Å². The number of aromatic carboxylic acids is 1. The first-order chi connectivity index (χ1) is 14.9. The topological polar surface area (TPSA) is 98.4 Å². The smallest absolute Gasteiger partial charge is 0.337 e. The number of benzene rings is 3. The minimum absolute atomic E-state index is 0.357. The van der Waals surface area contributed by atoms with Crippen molar-refractivity contribution in [2.45, 2.75) is 13.8 Å². The van der Waals surface area contributed by atoms with Crippen LogP contribution in [0.3, 0.4) is 0 Å². The fraction of sp³-hybridized carbons (Fsp3) is 0.130. The fourth-order valence-corrected chi connectivity index (χ4v) is 4.78. The summed E-state index contributed by atoms with van der Waals surface area (Å²) in [5, 5.41) is 11.6. The lowest BCUT2D eigenvalue weighted by Gasteiger charge is -2.15. The Hall–Kier alpha value is -2.88. The van der Waals surface area contributed by atoms with Gasteiger partial charge in [0.05, 0.1) is 16.3 Å². The lowest BCUT2D eigenvalue weighted by Crippen LogP contribution is -2.31. The molecule has 0 unspecified atom stereocenters. The van der Waals surface area contributed by atoms with Crippen LogP contribution < -0.4 is 4.57 Å². The van der Waals surface area contributed by atoms with Crippen LogP contribution in [-0.2, 0) is 17.6 Å². The third-order valence-electron chi connectivity index (χ3n) is 5.17. The lowest BCUT2D eigenvalue weighted by atomic mass is 9.90. The zero-order chi connectivity index (χ0) is 23.8. The summed E-state index contributed by atoms with van der Waals surface area (Å²) in [6.07, 6.45) is 0. The highest BCUT2D eigenvalue weighted by molar-refractivity contribution is 9.10. The highest BCUT2D eigenvalue weighted by atomic mass is 79.9. The first-order valence-corrected chi connectivity index (χ1v) is 11.5. The number of hydrogen-bond donors (Lipinski definition) is 1. The number of carboxylic acids is 1. The molecular formula is C23H19BrFNO5S. The number of carboxylic acid groups (broad SMARTS) is 1. The van der Waals surface area contributed by atoms with E-state index < -0.39 is 16.5 Å². The van der Waals surface area contributed by atoms with Gasteiger partial charge in [-0.15, -0.1) is 3.89 Å². The van der Waals surface area contributed by atoms with Crippen molar-refractivity contribution >= 4 is 54.2 Å². The van der Waals surface area contributed by atoms with Gasteiger partial charge in [0.1, 0.15) is 7.05 Å². The molecule has 32 heavy (non-hydrogen) atoms. The number of para-hydroxylation sites is 1. The Labute approximate surface area is 193 Å². The van der Waals surface area contributed by atoms with Crippen molar-refractivity contribution in [1.29, 1.82) is 0 Å². The van der Waals surface area contributed by atoms with Gasteiger partial charge >= 0.3 is 5.97 Å². The van der Waals surface area contributed by atoms with Gasteiger partial charge in [-0.05, 0) is 54.3 Å². The summed E-state index contributed by atoms with van der Waals surface area (Å²) >= 11 is 3.55. The summed E-state index contributed by atoms with van der Waals surface area (Å²) in [6, 6.07) is 17.8. The molecule has 0 radical (unpaired) electrons. The molecule has 1 aromatic heterocycles. The molecule has 0 aliphatic carbocycles. The maximum absolute atomic E-state index is 12.3.